The fourth-order valence-corrected chi connectivity index (χ4v) is 1.04. The number of nitrogens with two attached hydrogens (primary N) is 1. The van der Waals surface area contributed by atoms with Crippen molar-refractivity contribution < 1.29 is 0 Å². The van der Waals surface area contributed by atoms with Crippen LogP contribution in [0.25, 0.3) is 0 Å². The maximum absolute atomic E-state index is 10.9. The molecule has 0 radical (unpaired) electrons. The minimum absolute atomic E-state index is 0.119. The lowest BCUT2D eigenvalue weighted by atomic mass is 10.2. The number of rotatable bonds is 3. The predicted octanol–water partition coefficient (Wildman–Crippen LogP) is 1.06. The highest BCUT2D eigenvalue weighted by Gasteiger charge is 2.12. The van der Waals surface area contributed by atoms with Crippen molar-refractivity contribution in [3.05, 3.63) is 14.7 Å². The average molecular weight is 170 g/mol. The topological polar surface area (TPSA) is 55.1 Å². The Labute approximate surface area is 69.9 Å². The summed E-state index contributed by atoms with van der Waals surface area (Å²) in [6.07, 6.45) is 0.969. The summed E-state index contributed by atoms with van der Waals surface area (Å²) in [5, 5.41) is 2.92. The Morgan fingerprint density at radius 1 is 1.64 bits per heavy atom. The molecular weight excluding hydrogens is 160 g/mol. The maximum atomic E-state index is 10.9. The Kier molecular flexibility index (Phi) is 2.24. The highest BCUT2D eigenvalue weighted by Crippen LogP contribution is 2.17. The summed E-state index contributed by atoms with van der Waals surface area (Å²) in [4.78, 5) is 10.9. The van der Waals surface area contributed by atoms with E-state index in [1.165, 1.54) is 0 Å². The summed E-state index contributed by atoms with van der Waals surface area (Å²) in [5.41, 5.74) is 6.27. The van der Waals surface area contributed by atoms with Crippen LogP contribution in [-0.2, 0) is 0 Å². The molecule has 0 fully saturated rings. The summed E-state index contributed by atoms with van der Waals surface area (Å²) in [7, 11) is 0. The molecule has 0 aromatic heterocycles. The van der Waals surface area contributed by atoms with Gasteiger partial charge in [0.25, 0.3) is 0 Å². The van der Waals surface area contributed by atoms with Crippen molar-refractivity contribution in [3.63, 3.8) is 0 Å². The van der Waals surface area contributed by atoms with E-state index in [9.17, 15) is 4.79 Å². The quantitative estimate of drug-likeness (QED) is 0.666. The van der Waals surface area contributed by atoms with Crippen LogP contribution in [0.15, 0.2) is 4.79 Å². The molecule has 3 nitrogen and oxygen atoms in total. The van der Waals surface area contributed by atoms with E-state index >= 15 is 0 Å². The monoisotopic (exact) mass is 170 g/mol. The van der Waals surface area contributed by atoms with E-state index in [4.69, 9.17) is 5.73 Å². The fourth-order valence-electron chi connectivity index (χ4n) is 0.835. The van der Waals surface area contributed by atoms with Gasteiger partial charge in [-0.15, -0.1) is 0 Å². The molecule has 0 saturated heterocycles. The van der Waals surface area contributed by atoms with Gasteiger partial charge in [0, 0.05) is 6.54 Å². The van der Waals surface area contributed by atoms with E-state index in [-0.39, 0.29) is 9.94 Å². The van der Waals surface area contributed by atoms with Gasteiger partial charge in [0.05, 0.1) is 5.69 Å². The Hall–Kier alpha value is -0.900. The Morgan fingerprint density at radius 3 is 2.73 bits per heavy atom. The minimum Gasteiger partial charge on any atom is -0.396 e. The highest BCUT2D eigenvalue weighted by molar-refractivity contribution is 7.71. The standard InChI is InChI=1S/C7H10N2OS/c1-2-3-9-5-4(8)7(11)6(5)10/h9H,2-3,8H2,1H3. The van der Waals surface area contributed by atoms with E-state index in [0.717, 1.165) is 13.0 Å². The first-order valence-electron chi connectivity index (χ1n) is 3.51. The summed E-state index contributed by atoms with van der Waals surface area (Å²) >= 11 is 4.68. The molecule has 0 aliphatic rings. The number of anilines is 2. The van der Waals surface area contributed by atoms with Gasteiger partial charge in [0.2, 0.25) is 5.43 Å². The van der Waals surface area contributed by atoms with Gasteiger partial charge < -0.3 is 11.1 Å². The van der Waals surface area contributed by atoms with Gasteiger partial charge in [0.1, 0.15) is 10.2 Å². The molecule has 0 heterocycles. The van der Waals surface area contributed by atoms with Gasteiger partial charge in [-0.2, -0.15) is 0 Å². The Bertz CT molecular complexity index is 325. The van der Waals surface area contributed by atoms with Gasteiger partial charge in [-0.05, 0) is 6.42 Å². The van der Waals surface area contributed by atoms with Crippen molar-refractivity contribution in [1.29, 1.82) is 0 Å². The molecule has 0 unspecified atom stereocenters. The Balaban J connectivity index is 2.75. The number of hydrogen-bond donors (Lipinski definition) is 2. The van der Waals surface area contributed by atoms with E-state index < -0.39 is 0 Å². The third kappa shape index (κ3) is 1.26. The summed E-state index contributed by atoms with van der Waals surface area (Å²) in [5.74, 6) is 0. The molecule has 0 atom stereocenters. The normalized spacial score (nSPS) is 10.3. The molecule has 1 aromatic carbocycles. The molecule has 0 aliphatic carbocycles. The summed E-state index contributed by atoms with van der Waals surface area (Å²) in [6.45, 7) is 2.79. The number of nitrogens with one attached hydrogen (secondary N) is 1. The van der Waals surface area contributed by atoms with Gasteiger partial charge in [0.15, 0.2) is 0 Å². The molecule has 0 spiro atoms. The lowest BCUT2D eigenvalue weighted by Gasteiger charge is -2.09. The lowest BCUT2D eigenvalue weighted by Crippen LogP contribution is -2.20. The van der Waals surface area contributed by atoms with Gasteiger partial charge in [-0.1, -0.05) is 19.1 Å². The van der Waals surface area contributed by atoms with Crippen LogP contribution in [0.5, 0.6) is 0 Å². The van der Waals surface area contributed by atoms with Crippen molar-refractivity contribution in [2.75, 3.05) is 17.6 Å². The molecule has 11 heavy (non-hydrogen) atoms. The largest absolute Gasteiger partial charge is 0.396 e. The van der Waals surface area contributed by atoms with E-state index in [2.05, 4.69) is 17.5 Å². The smallest absolute Gasteiger partial charge is 0.223 e. The third-order valence-electron chi connectivity index (χ3n) is 1.50. The molecule has 0 amide bonds. The fraction of sp³-hybridized carbons (Fsp3) is 0.429. The molecule has 3 N–H and O–H groups in total. The van der Waals surface area contributed by atoms with Crippen molar-refractivity contribution >= 4 is 23.6 Å². The molecule has 1 aromatic rings. The first kappa shape index (κ1) is 8.20. The average Bonchev–Trinajstić information content (AvgIpc) is 2.04. The molecule has 4 heteroatoms. The molecule has 1 rings (SSSR count). The number of nitrogen functional groups attached to an aromatic ring is 1. The van der Waals surface area contributed by atoms with Crippen LogP contribution in [0.1, 0.15) is 13.3 Å². The zero-order chi connectivity index (χ0) is 8.43. The van der Waals surface area contributed by atoms with Crippen LogP contribution in [0.2, 0.25) is 0 Å². The van der Waals surface area contributed by atoms with Crippen LogP contribution in [-0.4, -0.2) is 6.54 Å². The van der Waals surface area contributed by atoms with Crippen LogP contribution in [0, 0.1) is 4.51 Å². The predicted molar refractivity (Wildman–Crippen MR) is 49.1 cm³/mol. The van der Waals surface area contributed by atoms with E-state index in [1.54, 1.807) is 0 Å². The van der Waals surface area contributed by atoms with E-state index in [1.807, 2.05) is 6.92 Å². The zero-order valence-corrected chi connectivity index (χ0v) is 7.12. The molecule has 0 bridgehead atoms. The van der Waals surface area contributed by atoms with Crippen LogP contribution in [0.3, 0.4) is 0 Å². The van der Waals surface area contributed by atoms with Gasteiger partial charge in [-0.3, -0.25) is 4.79 Å². The van der Waals surface area contributed by atoms with Gasteiger partial charge in [-0.25, -0.2) is 0 Å². The number of hydrogen-bond acceptors (Lipinski definition) is 4. The van der Waals surface area contributed by atoms with E-state index in [0.29, 0.717) is 11.4 Å². The van der Waals surface area contributed by atoms with Crippen molar-refractivity contribution in [2.45, 2.75) is 13.3 Å². The summed E-state index contributed by atoms with van der Waals surface area (Å²) < 4.78 is 0.267. The third-order valence-corrected chi connectivity index (χ3v) is 1.90. The molecule has 60 valence electrons. The van der Waals surface area contributed by atoms with Crippen LogP contribution < -0.4 is 16.5 Å². The van der Waals surface area contributed by atoms with Crippen molar-refractivity contribution in [2.24, 2.45) is 0 Å². The second-order valence-electron chi connectivity index (χ2n) is 2.37. The first-order valence-corrected chi connectivity index (χ1v) is 3.92. The minimum atomic E-state index is -0.119. The second kappa shape index (κ2) is 3.00. The van der Waals surface area contributed by atoms with Crippen LogP contribution in [0.4, 0.5) is 11.4 Å². The highest BCUT2D eigenvalue weighted by atomic mass is 32.1. The second-order valence-corrected chi connectivity index (χ2v) is 2.78. The summed E-state index contributed by atoms with van der Waals surface area (Å²) in [6, 6.07) is 0. The molecule has 0 saturated carbocycles. The molecular formula is C7H10N2OS. The lowest BCUT2D eigenvalue weighted by molar-refractivity contribution is 0.976. The first-order chi connectivity index (χ1) is 5.18. The SMILES string of the molecule is CCCNc1c(N)c(=S)c1=O. The Morgan fingerprint density at radius 2 is 2.27 bits per heavy atom. The van der Waals surface area contributed by atoms with Crippen molar-refractivity contribution in [1.82, 2.24) is 0 Å². The van der Waals surface area contributed by atoms with Crippen LogP contribution >= 0.6 is 12.2 Å². The maximum Gasteiger partial charge on any atom is 0.223 e. The zero-order valence-electron chi connectivity index (χ0n) is 6.31. The van der Waals surface area contributed by atoms with Gasteiger partial charge >= 0.3 is 0 Å². The van der Waals surface area contributed by atoms with Crippen molar-refractivity contribution in [3.8, 4) is 0 Å². The molecule has 0 aliphatic heterocycles.